The Balaban J connectivity index is 0.000000380. The number of aliphatic carboxylic acids is 1. The van der Waals surface area contributed by atoms with Crippen LogP contribution in [-0.2, 0) is 41.6 Å². The van der Waals surface area contributed by atoms with Gasteiger partial charge in [-0.1, -0.05) is 33.8 Å². The number of piperidine rings is 1. The van der Waals surface area contributed by atoms with Crippen molar-refractivity contribution < 1.29 is 56.8 Å². The Morgan fingerprint density at radius 1 is 0.945 bits per heavy atom. The highest BCUT2D eigenvalue weighted by Gasteiger charge is 2.41. The maximum absolute atomic E-state index is 13.9. The summed E-state index contributed by atoms with van der Waals surface area (Å²) in [6.07, 6.45) is 8.25. The van der Waals surface area contributed by atoms with Gasteiger partial charge in [0, 0.05) is 36.2 Å². The molecular formula is C42H57F2NO10. The van der Waals surface area contributed by atoms with Gasteiger partial charge in [-0.3, -0.25) is 14.4 Å². The zero-order chi connectivity index (χ0) is 41.3. The molecule has 1 amide bonds. The van der Waals surface area contributed by atoms with Crippen molar-refractivity contribution in [2.75, 3.05) is 34.0 Å². The molecular weight excluding hydrogens is 716 g/mol. The molecule has 0 bridgehead atoms. The van der Waals surface area contributed by atoms with Gasteiger partial charge in [0.1, 0.15) is 36.6 Å². The first kappa shape index (κ1) is 46.3. The summed E-state index contributed by atoms with van der Waals surface area (Å²) in [5, 5.41) is 9.27. The number of Topliss-reactive ketones (excluding diaryl/α,β-unsaturated/α-hetero) is 2. The van der Waals surface area contributed by atoms with Crippen molar-refractivity contribution in [3.63, 3.8) is 0 Å². The predicted molar refractivity (Wildman–Crippen MR) is 203 cm³/mol. The van der Waals surface area contributed by atoms with Crippen LogP contribution in [0.15, 0.2) is 42.5 Å². The number of methoxy groups -OCH3 is 2. The quantitative estimate of drug-likeness (QED) is 0.0874. The first-order valence-electron chi connectivity index (χ1n) is 18.7. The van der Waals surface area contributed by atoms with E-state index in [1.165, 1.54) is 58.4 Å². The highest BCUT2D eigenvalue weighted by molar-refractivity contribution is 6.38. The minimum Gasteiger partial charge on any atom is -0.493 e. The average molecular weight is 774 g/mol. The largest absolute Gasteiger partial charge is 0.493 e. The van der Waals surface area contributed by atoms with E-state index in [1.54, 1.807) is 26.0 Å². The number of hydrogen-bond donors (Lipinski definition) is 1. The summed E-state index contributed by atoms with van der Waals surface area (Å²) in [6, 6.07) is 6.13. The number of rotatable bonds is 19. The molecule has 1 N–H and O–H groups in total. The number of likely N-dealkylation sites (tertiary alicyclic amines) is 1. The Labute approximate surface area is 323 Å². The summed E-state index contributed by atoms with van der Waals surface area (Å²) in [5.41, 5.74) is 0.211. The number of benzene rings is 2. The van der Waals surface area contributed by atoms with Crippen molar-refractivity contribution in [3.05, 3.63) is 65.2 Å². The molecule has 55 heavy (non-hydrogen) atoms. The summed E-state index contributed by atoms with van der Waals surface area (Å²) in [4.78, 5) is 61.1. The van der Waals surface area contributed by atoms with Gasteiger partial charge in [0.25, 0.3) is 5.91 Å². The van der Waals surface area contributed by atoms with Crippen LogP contribution < -0.4 is 14.2 Å². The molecule has 1 aliphatic rings. The maximum atomic E-state index is 13.9. The van der Waals surface area contributed by atoms with Gasteiger partial charge in [0.2, 0.25) is 5.78 Å². The molecule has 0 aromatic heterocycles. The third-order valence-electron chi connectivity index (χ3n) is 8.99. The Hall–Kier alpha value is -4.81. The molecule has 2 aromatic carbocycles. The maximum Gasteiger partial charge on any atom is 0.330 e. The van der Waals surface area contributed by atoms with E-state index in [4.69, 9.17) is 18.9 Å². The van der Waals surface area contributed by atoms with Crippen molar-refractivity contribution in [1.29, 1.82) is 0 Å². The van der Waals surface area contributed by atoms with E-state index in [9.17, 15) is 37.9 Å². The van der Waals surface area contributed by atoms with Crippen LogP contribution in [0.5, 0.6) is 17.2 Å². The number of ketones is 2. The lowest BCUT2D eigenvalue weighted by molar-refractivity contribution is -0.159. The Morgan fingerprint density at radius 2 is 1.64 bits per heavy atom. The van der Waals surface area contributed by atoms with E-state index in [0.717, 1.165) is 23.3 Å². The topological polar surface area (TPSA) is 146 Å². The van der Waals surface area contributed by atoms with Crippen LogP contribution >= 0.6 is 0 Å². The summed E-state index contributed by atoms with van der Waals surface area (Å²) in [5.74, 6) is -2.52. The minimum absolute atomic E-state index is 0.0436. The summed E-state index contributed by atoms with van der Waals surface area (Å²) < 4.78 is 48.7. The van der Waals surface area contributed by atoms with Gasteiger partial charge in [0.15, 0.2) is 17.3 Å². The fourth-order valence-corrected chi connectivity index (χ4v) is 5.67. The van der Waals surface area contributed by atoms with Gasteiger partial charge in [-0.05, 0) is 94.9 Å². The van der Waals surface area contributed by atoms with Gasteiger partial charge >= 0.3 is 11.9 Å². The number of aryl methyl sites for hydroxylation is 2. The summed E-state index contributed by atoms with van der Waals surface area (Å²) in [6.45, 7) is 10.7. The van der Waals surface area contributed by atoms with E-state index >= 15 is 0 Å². The van der Waals surface area contributed by atoms with Crippen LogP contribution in [0.2, 0.25) is 0 Å². The molecule has 304 valence electrons. The third kappa shape index (κ3) is 15.5. The lowest BCUT2D eigenvalue weighted by Gasteiger charge is -2.34. The normalized spacial score (nSPS) is 14.3. The van der Waals surface area contributed by atoms with Gasteiger partial charge in [-0.15, -0.1) is 0 Å². The van der Waals surface area contributed by atoms with E-state index in [-0.39, 0.29) is 31.5 Å². The minimum atomic E-state index is -1.22. The van der Waals surface area contributed by atoms with Gasteiger partial charge in [-0.25, -0.2) is 18.4 Å². The number of esters is 1. The monoisotopic (exact) mass is 773 g/mol. The van der Waals surface area contributed by atoms with Crippen molar-refractivity contribution >= 4 is 29.4 Å². The number of carboxylic acids is 1. The Bertz CT molecular complexity index is 1650. The molecule has 11 nitrogen and oxygen atoms in total. The lowest BCUT2D eigenvalue weighted by Crippen LogP contribution is -2.53. The standard InChI is InChI=1S/C22H26F2O4.C20H31NO6/c1-14(2)20(25)13-28-19-9-15(8-17(23)11-19)6-5-7-16-10-18(24)12-21(26-3)22(16)27-4;1-14(2)9-5-6-11-16(22)27-13-20(3,4)17(23)18(24)21-12-8-7-10-15(21)19(25)26/h8-12,14H,5-7,13H2,1-4H3;6,11,14-15H,5,7-10,12-13H2,1-4H3,(H,25,26)/b;11-6-/t;15-/m.0/s1. The number of halogens is 2. The van der Waals surface area contributed by atoms with Crippen molar-refractivity contribution in [2.24, 2.45) is 17.3 Å². The van der Waals surface area contributed by atoms with Crippen LogP contribution in [0.3, 0.4) is 0 Å². The van der Waals surface area contributed by atoms with Crippen LogP contribution in [-0.4, -0.2) is 79.4 Å². The fraction of sp³-hybridized carbons (Fsp3) is 0.548. The molecule has 2 aromatic rings. The van der Waals surface area contributed by atoms with E-state index in [0.29, 0.717) is 67.3 Å². The van der Waals surface area contributed by atoms with E-state index in [2.05, 4.69) is 13.8 Å². The third-order valence-corrected chi connectivity index (χ3v) is 8.99. The highest BCUT2D eigenvalue weighted by atomic mass is 19.1. The van der Waals surface area contributed by atoms with E-state index < -0.39 is 46.7 Å². The molecule has 1 aliphatic heterocycles. The first-order valence-corrected chi connectivity index (χ1v) is 18.7. The number of nitrogens with zero attached hydrogens (tertiary/aromatic N) is 1. The zero-order valence-corrected chi connectivity index (χ0v) is 33.4. The molecule has 0 radical (unpaired) electrons. The first-order chi connectivity index (χ1) is 25.9. The van der Waals surface area contributed by atoms with Gasteiger partial charge < -0.3 is 29.0 Å². The van der Waals surface area contributed by atoms with Crippen LogP contribution in [0.1, 0.15) is 91.2 Å². The smallest absolute Gasteiger partial charge is 0.330 e. The SMILES string of the molecule is CC(C)CC/C=C\C(=O)OCC(C)(C)C(=O)C(=O)N1CCCC[C@H]1C(=O)O.COc1cc(F)cc(CCCc2cc(F)cc(OCC(=O)C(C)C)c2)c1OC. The zero-order valence-electron chi connectivity index (χ0n) is 33.4. The molecule has 0 aliphatic carbocycles. The number of carboxylic acid groups (broad SMARTS) is 1. The molecule has 3 rings (SSSR count). The predicted octanol–water partition coefficient (Wildman–Crippen LogP) is 7.34. The number of hydrogen-bond acceptors (Lipinski definition) is 9. The molecule has 1 atom stereocenters. The Kier molecular flexibility index (Phi) is 19.0. The number of carbonyl (C=O) groups is 5. The van der Waals surface area contributed by atoms with Crippen molar-refractivity contribution in [2.45, 2.75) is 99.0 Å². The molecule has 1 fully saturated rings. The summed E-state index contributed by atoms with van der Waals surface area (Å²) in [7, 11) is 2.97. The fourth-order valence-electron chi connectivity index (χ4n) is 5.67. The van der Waals surface area contributed by atoms with Crippen molar-refractivity contribution in [3.8, 4) is 17.2 Å². The second kappa shape index (κ2) is 22.5. The summed E-state index contributed by atoms with van der Waals surface area (Å²) >= 11 is 0. The Morgan fingerprint density at radius 3 is 2.25 bits per heavy atom. The van der Waals surface area contributed by atoms with Crippen LogP contribution in [0.4, 0.5) is 8.78 Å². The molecule has 0 spiro atoms. The second-order valence-electron chi connectivity index (χ2n) is 14.9. The number of carbonyl (C=O) groups excluding carboxylic acids is 4. The number of amides is 1. The molecule has 1 heterocycles. The van der Waals surface area contributed by atoms with E-state index in [1.807, 2.05) is 0 Å². The number of ether oxygens (including phenoxy) is 4. The number of allylic oxidation sites excluding steroid dienone is 1. The molecule has 1 saturated heterocycles. The molecule has 13 heteroatoms. The van der Waals surface area contributed by atoms with Crippen LogP contribution in [0, 0.1) is 28.9 Å². The average Bonchev–Trinajstić information content (AvgIpc) is 3.13. The highest BCUT2D eigenvalue weighted by Crippen LogP contribution is 2.33. The van der Waals surface area contributed by atoms with Gasteiger partial charge in [-0.2, -0.15) is 0 Å². The lowest BCUT2D eigenvalue weighted by atomic mass is 9.87. The van der Waals surface area contributed by atoms with Gasteiger partial charge in [0.05, 0.1) is 19.6 Å². The molecule has 0 unspecified atom stereocenters. The second-order valence-corrected chi connectivity index (χ2v) is 14.9. The van der Waals surface area contributed by atoms with Crippen LogP contribution in [0.25, 0.3) is 0 Å². The van der Waals surface area contributed by atoms with Crippen molar-refractivity contribution in [1.82, 2.24) is 4.90 Å². The molecule has 0 saturated carbocycles.